The highest BCUT2D eigenvalue weighted by molar-refractivity contribution is 7.12. The van der Waals surface area contributed by atoms with E-state index in [1.54, 1.807) is 35.2 Å². The van der Waals surface area contributed by atoms with Crippen LogP contribution < -0.4 is 0 Å². The largest absolute Gasteiger partial charge is 0.372 e. The van der Waals surface area contributed by atoms with E-state index in [2.05, 4.69) is 0 Å². The second-order valence-electron chi connectivity index (χ2n) is 5.82. The van der Waals surface area contributed by atoms with Crippen molar-refractivity contribution in [2.75, 3.05) is 13.1 Å². The Kier molecular flexibility index (Phi) is 4.59. The molecule has 0 spiro atoms. The molecule has 0 aliphatic carbocycles. The van der Waals surface area contributed by atoms with Gasteiger partial charge in [-0.1, -0.05) is 24.3 Å². The Morgan fingerprint density at radius 3 is 2.30 bits per heavy atom. The summed E-state index contributed by atoms with van der Waals surface area (Å²) in [6.45, 7) is 5.01. The number of benzene rings is 1. The Bertz CT molecular complexity index is 701. The summed E-state index contributed by atoms with van der Waals surface area (Å²) in [7, 11) is 0. The van der Waals surface area contributed by atoms with Crippen LogP contribution in [-0.4, -0.2) is 41.9 Å². The molecule has 0 unspecified atom stereocenters. The molecule has 23 heavy (non-hydrogen) atoms. The maximum atomic E-state index is 12.9. The van der Waals surface area contributed by atoms with Gasteiger partial charge < -0.3 is 9.64 Å². The maximum absolute atomic E-state index is 12.9. The van der Waals surface area contributed by atoms with Gasteiger partial charge in [0.2, 0.25) is 5.78 Å². The highest BCUT2D eigenvalue weighted by atomic mass is 32.1. The molecule has 1 aliphatic heterocycles. The summed E-state index contributed by atoms with van der Waals surface area (Å²) in [4.78, 5) is 28.0. The van der Waals surface area contributed by atoms with Crippen LogP contribution in [0.1, 0.15) is 39.4 Å². The molecule has 1 aliphatic rings. The summed E-state index contributed by atoms with van der Waals surface area (Å²) in [5.74, 6) is -0.203. The minimum atomic E-state index is -0.104. The molecule has 5 heteroatoms. The number of ether oxygens (including phenoxy) is 1. The monoisotopic (exact) mass is 329 g/mol. The third-order valence-electron chi connectivity index (χ3n) is 3.85. The van der Waals surface area contributed by atoms with E-state index in [1.807, 2.05) is 25.3 Å². The zero-order valence-electron chi connectivity index (χ0n) is 13.2. The normalized spacial score (nSPS) is 21.2. The summed E-state index contributed by atoms with van der Waals surface area (Å²) in [6, 6.07) is 10.7. The fourth-order valence-electron chi connectivity index (χ4n) is 2.92. The lowest BCUT2D eigenvalue weighted by atomic mass is 10.0. The van der Waals surface area contributed by atoms with Gasteiger partial charge in [-0.3, -0.25) is 9.59 Å². The van der Waals surface area contributed by atoms with E-state index >= 15 is 0 Å². The molecule has 2 heterocycles. The summed E-state index contributed by atoms with van der Waals surface area (Å²) in [5, 5.41) is 1.86. The van der Waals surface area contributed by atoms with Gasteiger partial charge in [0, 0.05) is 18.7 Å². The van der Waals surface area contributed by atoms with E-state index in [1.165, 1.54) is 11.3 Å². The molecule has 1 amide bonds. The van der Waals surface area contributed by atoms with Crippen molar-refractivity contribution >= 4 is 23.0 Å². The van der Waals surface area contributed by atoms with Crippen LogP contribution in [0.4, 0.5) is 0 Å². The van der Waals surface area contributed by atoms with Gasteiger partial charge in [0.05, 0.1) is 22.6 Å². The number of amides is 1. The number of rotatable bonds is 3. The molecule has 1 fully saturated rings. The number of ketones is 1. The van der Waals surface area contributed by atoms with E-state index in [4.69, 9.17) is 4.74 Å². The molecule has 120 valence electrons. The molecule has 1 saturated heterocycles. The number of carbonyl (C=O) groups is 2. The molecule has 0 radical (unpaired) electrons. The van der Waals surface area contributed by atoms with Gasteiger partial charge in [0.1, 0.15) is 0 Å². The number of hydrogen-bond donors (Lipinski definition) is 0. The lowest BCUT2D eigenvalue weighted by molar-refractivity contribution is -0.0586. The molecule has 4 nitrogen and oxygen atoms in total. The summed E-state index contributed by atoms with van der Waals surface area (Å²) in [6.07, 6.45) is 0.00530. The lowest BCUT2D eigenvalue weighted by Gasteiger charge is -2.35. The summed E-state index contributed by atoms with van der Waals surface area (Å²) < 4.78 is 5.68. The van der Waals surface area contributed by atoms with Gasteiger partial charge in [-0.15, -0.1) is 11.3 Å². The molecule has 0 bridgehead atoms. The van der Waals surface area contributed by atoms with Crippen LogP contribution >= 0.6 is 11.3 Å². The van der Waals surface area contributed by atoms with Crippen LogP contribution in [0.3, 0.4) is 0 Å². The van der Waals surface area contributed by atoms with Crippen molar-refractivity contribution in [3.63, 3.8) is 0 Å². The van der Waals surface area contributed by atoms with E-state index in [0.717, 1.165) is 0 Å². The first kappa shape index (κ1) is 15.9. The number of morpholine rings is 1. The quantitative estimate of drug-likeness (QED) is 0.812. The predicted octanol–water partition coefficient (Wildman–Crippen LogP) is 3.23. The van der Waals surface area contributed by atoms with Crippen molar-refractivity contribution in [3.05, 3.63) is 57.8 Å². The summed E-state index contributed by atoms with van der Waals surface area (Å²) in [5.41, 5.74) is 0.930. The van der Waals surface area contributed by atoms with Crippen molar-refractivity contribution in [2.45, 2.75) is 26.1 Å². The molecule has 3 rings (SSSR count). The van der Waals surface area contributed by atoms with Crippen LogP contribution in [0.25, 0.3) is 0 Å². The standard InChI is InChI=1S/C18H19NO3S/c1-12-10-19(11-13(2)22-12)18(21)15-7-4-3-6-14(15)17(20)16-8-5-9-23-16/h3-9,12-13H,10-11H2,1-2H3/t12-,13-/m1/s1. The number of carbonyl (C=O) groups excluding carboxylic acids is 2. The second kappa shape index (κ2) is 6.64. The van der Waals surface area contributed by atoms with Gasteiger partial charge in [-0.05, 0) is 31.4 Å². The molecule has 2 aromatic rings. The molecule has 1 aromatic carbocycles. The topological polar surface area (TPSA) is 46.6 Å². The average Bonchev–Trinajstić information content (AvgIpc) is 3.07. The smallest absolute Gasteiger partial charge is 0.254 e. The van der Waals surface area contributed by atoms with Gasteiger partial charge in [-0.25, -0.2) is 0 Å². The molecular formula is C18H19NO3S. The Hall–Kier alpha value is -1.98. The molecule has 0 N–H and O–H groups in total. The Morgan fingerprint density at radius 2 is 1.70 bits per heavy atom. The summed E-state index contributed by atoms with van der Waals surface area (Å²) >= 11 is 1.39. The van der Waals surface area contributed by atoms with Gasteiger partial charge in [-0.2, -0.15) is 0 Å². The van der Waals surface area contributed by atoms with Crippen LogP contribution in [0, 0.1) is 0 Å². The fraction of sp³-hybridized carbons (Fsp3) is 0.333. The minimum absolute atomic E-state index is 0.00265. The predicted molar refractivity (Wildman–Crippen MR) is 90.1 cm³/mol. The third-order valence-corrected chi connectivity index (χ3v) is 4.72. The highest BCUT2D eigenvalue weighted by Crippen LogP contribution is 2.21. The van der Waals surface area contributed by atoms with E-state index in [9.17, 15) is 9.59 Å². The minimum Gasteiger partial charge on any atom is -0.372 e. The molecular weight excluding hydrogens is 310 g/mol. The fourth-order valence-corrected chi connectivity index (χ4v) is 3.60. The number of thiophene rings is 1. The lowest BCUT2D eigenvalue weighted by Crippen LogP contribution is -2.48. The first-order chi connectivity index (χ1) is 11.1. The van der Waals surface area contributed by atoms with Gasteiger partial charge >= 0.3 is 0 Å². The Labute approximate surface area is 139 Å². The van der Waals surface area contributed by atoms with E-state index in [0.29, 0.717) is 29.1 Å². The molecule has 1 aromatic heterocycles. The second-order valence-corrected chi connectivity index (χ2v) is 6.77. The average molecular weight is 329 g/mol. The zero-order valence-corrected chi connectivity index (χ0v) is 14.0. The maximum Gasteiger partial charge on any atom is 0.254 e. The van der Waals surface area contributed by atoms with E-state index < -0.39 is 0 Å². The number of hydrogen-bond acceptors (Lipinski definition) is 4. The molecule has 2 atom stereocenters. The van der Waals surface area contributed by atoms with Crippen molar-refractivity contribution in [1.82, 2.24) is 4.90 Å². The van der Waals surface area contributed by atoms with Crippen molar-refractivity contribution in [3.8, 4) is 0 Å². The Balaban J connectivity index is 1.91. The third kappa shape index (κ3) is 3.35. The van der Waals surface area contributed by atoms with Crippen LogP contribution in [0.15, 0.2) is 41.8 Å². The SMILES string of the molecule is C[C@@H]1CN(C(=O)c2ccccc2C(=O)c2cccs2)C[C@@H](C)O1. The van der Waals surface area contributed by atoms with Crippen LogP contribution in [-0.2, 0) is 4.74 Å². The molecule has 0 saturated carbocycles. The zero-order chi connectivity index (χ0) is 16.4. The Morgan fingerprint density at radius 1 is 1.04 bits per heavy atom. The first-order valence-corrected chi connectivity index (χ1v) is 8.56. The first-order valence-electron chi connectivity index (χ1n) is 7.68. The number of nitrogens with zero attached hydrogens (tertiary/aromatic N) is 1. The van der Waals surface area contributed by atoms with Crippen LogP contribution in [0.2, 0.25) is 0 Å². The van der Waals surface area contributed by atoms with Crippen molar-refractivity contribution in [2.24, 2.45) is 0 Å². The highest BCUT2D eigenvalue weighted by Gasteiger charge is 2.29. The van der Waals surface area contributed by atoms with Crippen molar-refractivity contribution in [1.29, 1.82) is 0 Å². The van der Waals surface area contributed by atoms with Gasteiger partial charge in [0.25, 0.3) is 5.91 Å². The van der Waals surface area contributed by atoms with Crippen molar-refractivity contribution < 1.29 is 14.3 Å². The van der Waals surface area contributed by atoms with Crippen LogP contribution in [0.5, 0.6) is 0 Å². The van der Waals surface area contributed by atoms with Gasteiger partial charge in [0.15, 0.2) is 0 Å². The van der Waals surface area contributed by atoms with E-state index in [-0.39, 0.29) is 23.9 Å².